The molecule has 0 amide bonds. The van der Waals surface area contributed by atoms with E-state index in [9.17, 15) is 8.42 Å². The second kappa shape index (κ2) is 6.52. The highest BCUT2D eigenvalue weighted by Gasteiger charge is 2.33. The molecule has 1 saturated carbocycles. The molecule has 1 N–H and O–H groups in total. The van der Waals surface area contributed by atoms with Gasteiger partial charge in [0.1, 0.15) is 0 Å². The van der Waals surface area contributed by atoms with E-state index in [0.29, 0.717) is 19.1 Å². The minimum atomic E-state index is -3.03. The van der Waals surface area contributed by atoms with Gasteiger partial charge in [-0.3, -0.25) is 4.90 Å². The Balaban J connectivity index is 1.59. The van der Waals surface area contributed by atoms with Crippen LogP contribution in [0.4, 0.5) is 0 Å². The van der Waals surface area contributed by atoms with Gasteiger partial charge in [-0.15, -0.1) is 0 Å². The molecular formula is C13H27N3O2S. The lowest BCUT2D eigenvalue weighted by atomic mass is 10.2. The maximum absolute atomic E-state index is 11.4. The Bertz CT molecular complexity index is 381. The van der Waals surface area contributed by atoms with Crippen LogP contribution in [0.3, 0.4) is 0 Å². The first-order valence-corrected chi connectivity index (χ1v) is 9.28. The van der Waals surface area contributed by atoms with E-state index in [1.807, 2.05) is 6.92 Å². The van der Waals surface area contributed by atoms with Crippen molar-refractivity contribution < 1.29 is 8.42 Å². The Kier molecular flexibility index (Phi) is 5.22. The summed E-state index contributed by atoms with van der Waals surface area (Å²) in [5.41, 5.74) is 0. The van der Waals surface area contributed by atoms with Crippen LogP contribution in [0.25, 0.3) is 0 Å². The van der Waals surface area contributed by atoms with E-state index in [-0.39, 0.29) is 0 Å². The first-order valence-electron chi connectivity index (χ1n) is 7.43. The van der Waals surface area contributed by atoms with Crippen molar-refractivity contribution in [1.82, 2.24) is 14.5 Å². The summed E-state index contributed by atoms with van der Waals surface area (Å²) < 4.78 is 24.4. The third kappa shape index (κ3) is 4.70. The van der Waals surface area contributed by atoms with E-state index in [0.717, 1.165) is 19.0 Å². The topological polar surface area (TPSA) is 52.6 Å². The minimum absolute atomic E-state index is 0.567. The minimum Gasteiger partial charge on any atom is -0.313 e. The maximum atomic E-state index is 11.4. The van der Waals surface area contributed by atoms with Gasteiger partial charge < -0.3 is 5.32 Å². The largest absolute Gasteiger partial charge is 0.313 e. The zero-order valence-electron chi connectivity index (χ0n) is 12.1. The zero-order valence-corrected chi connectivity index (χ0v) is 13.0. The molecule has 1 unspecified atom stereocenters. The molecule has 1 heterocycles. The molecule has 6 heteroatoms. The fourth-order valence-corrected chi connectivity index (χ4v) is 3.78. The summed E-state index contributed by atoms with van der Waals surface area (Å²) in [5, 5.41) is 3.56. The van der Waals surface area contributed by atoms with E-state index in [4.69, 9.17) is 0 Å². The Morgan fingerprint density at radius 1 is 1.32 bits per heavy atom. The van der Waals surface area contributed by atoms with E-state index >= 15 is 0 Å². The number of nitrogens with one attached hydrogen (secondary N) is 1. The molecule has 0 aromatic carbocycles. The molecule has 0 aromatic heterocycles. The molecule has 0 bridgehead atoms. The molecule has 1 atom stereocenters. The van der Waals surface area contributed by atoms with Gasteiger partial charge in [0.2, 0.25) is 10.0 Å². The molecule has 2 fully saturated rings. The van der Waals surface area contributed by atoms with E-state index < -0.39 is 10.0 Å². The average molecular weight is 289 g/mol. The predicted molar refractivity (Wildman–Crippen MR) is 77.7 cm³/mol. The number of hydrogen-bond acceptors (Lipinski definition) is 4. The lowest BCUT2D eigenvalue weighted by Crippen LogP contribution is -2.36. The molecule has 0 aromatic rings. The standard InChI is InChI=1S/C13H27N3O2S/c1-3-16(19(2,17)18)9-4-8-14-12-7-10-15(11-12)13-5-6-13/h12-14H,3-11H2,1-2H3. The van der Waals surface area contributed by atoms with Gasteiger partial charge in [0.05, 0.1) is 6.26 Å². The summed E-state index contributed by atoms with van der Waals surface area (Å²) in [6, 6.07) is 1.47. The lowest BCUT2D eigenvalue weighted by Gasteiger charge is -2.19. The van der Waals surface area contributed by atoms with Crippen LogP contribution in [0.5, 0.6) is 0 Å². The second-order valence-electron chi connectivity index (χ2n) is 5.77. The monoisotopic (exact) mass is 289 g/mol. The van der Waals surface area contributed by atoms with Crippen molar-refractivity contribution in [1.29, 1.82) is 0 Å². The van der Waals surface area contributed by atoms with Gasteiger partial charge in [-0.1, -0.05) is 6.92 Å². The van der Waals surface area contributed by atoms with Gasteiger partial charge >= 0.3 is 0 Å². The van der Waals surface area contributed by atoms with Crippen LogP contribution in [0.2, 0.25) is 0 Å². The van der Waals surface area contributed by atoms with Crippen LogP contribution in [0, 0.1) is 0 Å². The van der Waals surface area contributed by atoms with Crippen molar-refractivity contribution >= 4 is 10.0 Å². The Morgan fingerprint density at radius 2 is 2.05 bits per heavy atom. The van der Waals surface area contributed by atoms with Gasteiger partial charge in [-0.05, 0) is 32.2 Å². The molecule has 1 aliphatic carbocycles. The highest BCUT2D eigenvalue weighted by atomic mass is 32.2. The van der Waals surface area contributed by atoms with Crippen molar-refractivity contribution in [3.63, 3.8) is 0 Å². The zero-order chi connectivity index (χ0) is 13.9. The summed E-state index contributed by atoms with van der Waals surface area (Å²) in [6.07, 6.45) is 6.17. The third-order valence-corrected chi connectivity index (χ3v) is 5.50. The highest BCUT2D eigenvalue weighted by Crippen LogP contribution is 2.29. The van der Waals surface area contributed by atoms with Gasteiger partial charge in [0, 0.05) is 38.3 Å². The van der Waals surface area contributed by atoms with Crippen LogP contribution in [0.15, 0.2) is 0 Å². The van der Waals surface area contributed by atoms with Crippen molar-refractivity contribution in [2.45, 2.75) is 44.7 Å². The molecular weight excluding hydrogens is 262 g/mol. The molecule has 5 nitrogen and oxygen atoms in total. The molecule has 2 rings (SSSR count). The first-order chi connectivity index (χ1) is 9.00. The molecule has 19 heavy (non-hydrogen) atoms. The normalized spacial score (nSPS) is 25.3. The van der Waals surface area contributed by atoms with Crippen LogP contribution < -0.4 is 5.32 Å². The van der Waals surface area contributed by atoms with Gasteiger partial charge in [0.15, 0.2) is 0 Å². The number of rotatable bonds is 8. The fourth-order valence-electron chi connectivity index (χ4n) is 2.85. The molecule has 0 radical (unpaired) electrons. The number of likely N-dealkylation sites (tertiary alicyclic amines) is 1. The Labute approximate surface area is 117 Å². The van der Waals surface area contributed by atoms with Crippen molar-refractivity contribution in [2.75, 3.05) is 39.0 Å². The van der Waals surface area contributed by atoms with Gasteiger partial charge in [-0.2, -0.15) is 0 Å². The van der Waals surface area contributed by atoms with Gasteiger partial charge in [0.25, 0.3) is 0 Å². The van der Waals surface area contributed by atoms with Crippen molar-refractivity contribution in [3.05, 3.63) is 0 Å². The lowest BCUT2D eigenvalue weighted by molar-refractivity contribution is 0.316. The van der Waals surface area contributed by atoms with Crippen molar-refractivity contribution in [3.8, 4) is 0 Å². The van der Waals surface area contributed by atoms with E-state index in [2.05, 4.69) is 10.2 Å². The summed E-state index contributed by atoms with van der Waals surface area (Å²) in [6.45, 7) is 6.40. The summed E-state index contributed by atoms with van der Waals surface area (Å²) >= 11 is 0. The summed E-state index contributed by atoms with van der Waals surface area (Å²) in [4.78, 5) is 2.59. The summed E-state index contributed by atoms with van der Waals surface area (Å²) in [5.74, 6) is 0. The number of hydrogen-bond donors (Lipinski definition) is 1. The van der Waals surface area contributed by atoms with E-state index in [1.165, 1.54) is 38.6 Å². The van der Waals surface area contributed by atoms with Crippen LogP contribution in [0.1, 0.15) is 32.6 Å². The quantitative estimate of drug-likeness (QED) is 0.661. The van der Waals surface area contributed by atoms with Gasteiger partial charge in [-0.25, -0.2) is 12.7 Å². The third-order valence-electron chi connectivity index (χ3n) is 4.12. The van der Waals surface area contributed by atoms with Crippen LogP contribution in [-0.4, -0.2) is 68.7 Å². The molecule has 1 aliphatic heterocycles. The number of nitrogens with zero attached hydrogens (tertiary/aromatic N) is 2. The maximum Gasteiger partial charge on any atom is 0.211 e. The Hall–Kier alpha value is -0.170. The molecule has 1 saturated heterocycles. The van der Waals surface area contributed by atoms with Crippen LogP contribution in [-0.2, 0) is 10.0 Å². The highest BCUT2D eigenvalue weighted by molar-refractivity contribution is 7.88. The molecule has 2 aliphatic rings. The smallest absolute Gasteiger partial charge is 0.211 e. The molecule has 0 spiro atoms. The molecule has 112 valence electrons. The Morgan fingerprint density at radius 3 is 2.63 bits per heavy atom. The van der Waals surface area contributed by atoms with Crippen molar-refractivity contribution in [2.24, 2.45) is 0 Å². The van der Waals surface area contributed by atoms with E-state index in [1.54, 1.807) is 4.31 Å². The fraction of sp³-hybridized carbons (Fsp3) is 1.00. The number of sulfonamides is 1. The second-order valence-corrected chi connectivity index (χ2v) is 7.76. The summed E-state index contributed by atoms with van der Waals surface area (Å²) in [7, 11) is -3.03. The SMILES string of the molecule is CCN(CCCNC1CCN(C2CC2)C1)S(C)(=O)=O. The van der Waals surface area contributed by atoms with Crippen LogP contribution >= 0.6 is 0 Å². The predicted octanol–water partition coefficient (Wildman–Crippen LogP) is 0.484. The average Bonchev–Trinajstić information content (AvgIpc) is 3.08. The first kappa shape index (κ1) is 15.2.